The number of likely N-dealkylation sites (tertiary alicyclic amines) is 1. The van der Waals surface area contributed by atoms with Crippen LogP contribution >= 0.6 is 11.8 Å². The molecular weight excluding hydrogens is 394 g/mol. The standard InChI is InChI=1S/C24H27N3O2S/c1-3-18-11-13-19(14-12-18)27-23(29)20-9-4-5-10-21(20)25-24(27)30-16-22(28)26-15-7-6-8-17(26)2/h4-5,9-14,17H,3,6-8,15-16H2,1-2H3. The number of rotatable bonds is 5. The molecule has 6 heteroatoms. The molecule has 1 aliphatic heterocycles. The summed E-state index contributed by atoms with van der Waals surface area (Å²) in [5, 5.41) is 1.14. The third-order valence-corrected chi connectivity index (χ3v) is 6.72. The van der Waals surface area contributed by atoms with Crippen LogP contribution in [0.3, 0.4) is 0 Å². The van der Waals surface area contributed by atoms with Crippen molar-refractivity contribution in [1.29, 1.82) is 0 Å². The highest BCUT2D eigenvalue weighted by atomic mass is 32.2. The van der Waals surface area contributed by atoms with E-state index in [1.807, 2.05) is 47.4 Å². The van der Waals surface area contributed by atoms with Crippen molar-refractivity contribution in [2.24, 2.45) is 0 Å². The highest BCUT2D eigenvalue weighted by Crippen LogP contribution is 2.24. The summed E-state index contributed by atoms with van der Waals surface area (Å²) < 4.78 is 1.64. The van der Waals surface area contributed by atoms with Gasteiger partial charge in [-0.3, -0.25) is 14.2 Å². The second-order valence-corrected chi connectivity index (χ2v) is 8.74. The summed E-state index contributed by atoms with van der Waals surface area (Å²) in [6.07, 6.45) is 4.23. The molecule has 2 heterocycles. The Morgan fingerprint density at radius 2 is 1.90 bits per heavy atom. The molecule has 1 aromatic heterocycles. The number of aromatic nitrogens is 2. The van der Waals surface area contributed by atoms with Crippen molar-refractivity contribution in [3.05, 3.63) is 64.4 Å². The molecule has 0 spiro atoms. The van der Waals surface area contributed by atoms with Crippen LogP contribution in [0.4, 0.5) is 0 Å². The Kier molecular flexibility index (Phi) is 6.23. The summed E-state index contributed by atoms with van der Waals surface area (Å²) >= 11 is 1.35. The predicted molar refractivity (Wildman–Crippen MR) is 122 cm³/mol. The maximum Gasteiger partial charge on any atom is 0.266 e. The van der Waals surface area contributed by atoms with E-state index in [1.54, 1.807) is 10.6 Å². The first-order chi connectivity index (χ1) is 14.6. The molecule has 1 amide bonds. The van der Waals surface area contributed by atoms with Gasteiger partial charge < -0.3 is 4.90 Å². The molecule has 5 nitrogen and oxygen atoms in total. The molecule has 0 aliphatic carbocycles. The molecule has 156 valence electrons. The minimum atomic E-state index is -0.105. The lowest BCUT2D eigenvalue weighted by atomic mass is 10.0. The van der Waals surface area contributed by atoms with Crippen LogP contribution in [0.25, 0.3) is 16.6 Å². The van der Waals surface area contributed by atoms with E-state index >= 15 is 0 Å². The fourth-order valence-electron chi connectivity index (χ4n) is 4.00. The van der Waals surface area contributed by atoms with Gasteiger partial charge in [0.05, 0.1) is 22.3 Å². The van der Waals surface area contributed by atoms with E-state index in [0.29, 0.717) is 16.1 Å². The molecule has 1 fully saturated rings. The van der Waals surface area contributed by atoms with Crippen molar-refractivity contribution < 1.29 is 4.79 Å². The highest BCUT2D eigenvalue weighted by Gasteiger charge is 2.24. The van der Waals surface area contributed by atoms with Crippen LogP contribution in [0.1, 0.15) is 38.7 Å². The second-order valence-electron chi connectivity index (χ2n) is 7.79. The first-order valence-corrected chi connectivity index (χ1v) is 11.6. The molecule has 1 aliphatic rings. The van der Waals surface area contributed by atoms with Crippen molar-refractivity contribution in [1.82, 2.24) is 14.5 Å². The van der Waals surface area contributed by atoms with Crippen LogP contribution < -0.4 is 5.56 Å². The number of nitrogens with zero attached hydrogens (tertiary/aromatic N) is 3. The number of thioether (sulfide) groups is 1. The second kappa shape index (κ2) is 9.04. The van der Waals surface area contributed by atoms with Crippen molar-refractivity contribution in [2.45, 2.75) is 50.7 Å². The average molecular weight is 422 g/mol. The number of aryl methyl sites for hydroxylation is 1. The summed E-state index contributed by atoms with van der Waals surface area (Å²) in [6.45, 7) is 5.03. The number of benzene rings is 2. The zero-order valence-electron chi connectivity index (χ0n) is 17.5. The quantitative estimate of drug-likeness (QED) is 0.451. The maximum absolute atomic E-state index is 13.3. The number of piperidine rings is 1. The van der Waals surface area contributed by atoms with Crippen LogP contribution in [-0.2, 0) is 11.2 Å². The Balaban J connectivity index is 1.70. The molecule has 0 saturated carbocycles. The Morgan fingerprint density at radius 1 is 1.13 bits per heavy atom. The number of hydrogen-bond acceptors (Lipinski definition) is 4. The zero-order chi connectivity index (χ0) is 21.1. The van der Waals surface area contributed by atoms with Crippen LogP contribution in [0, 0.1) is 0 Å². The summed E-state index contributed by atoms with van der Waals surface area (Å²) in [5.41, 5.74) is 2.54. The van der Waals surface area contributed by atoms with E-state index < -0.39 is 0 Å². The Morgan fingerprint density at radius 3 is 2.63 bits per heavy atom. The van der Waals surface area contributed by atoms with Crippen molar-refractivity contribution in [2.75, 3.05) is 12.3 Å². The topological polar surface area (TPSA) is 55.2 Å². The van der Waals surface area contributed by atoms with Gasteiger partial charge in [-0.2, -0.15) is 0 Å². The lowest BCUT2D eigenvalue weighted by molar-refractivity contribution is -0.131. The third-order valence-electron chi connectivity index (χ3n) is 5.80. The van der Waals surface area contributed by atoms with Gasteiger partial charge in [0.1, 0.15) is 0 Å². The normalized spacial score (nSPS) is 16.7. The minimum absolute atomic E-state index is 0.105. The number of carbonyl (C=O) groups excluding carboxylic acids is 1. The third kappa shape index (κ3) is 4.15. The Bertz CT molecular complexity index is 1110. The molecule has 2 aromatic carbocycles. The van der Waals surface area contributed by atoms with E-state index in [1.165, 1.54) is 23.7 Å². The molecule has 3 aromatic rings. The number of para-hydroxylation sites is 1. The van der Waals surface area contributed by atoms with Gasteiger partial charge in [0.25, 0.3) is 5.56 Å². The summed E-state index contributed by atoms with van der Waals surface area (Å²) in [4.78, 5) is 32.9. The number of amides is 1. The largest absolute Gasteiger partial charge is 0.339 e. The monoisotopic (exact) mass is 421 g/mol. The van der Waals surface area contributed by atoms with E-state index in [-0.39, 0.29) is 23.3 Å². The minimum Gasteiger partial charge on any atom is -0.339 e. The van der Waals surface area contributed by atoms with Crippen LogP contribution in [0.2, 0.25) is 0 Å². The van der Waals surface area contributed by atoms with Crippen LogP contribution in [-0.4, -0.2) is 38.7 Å². The van der Waals surface area contributed by atoms with Gasteiger partial charge in [-0.25, -0.2) is 4.98 Å². The zero-order valence-corrected chi connectivity index (χ0v) is 18.3. The van der Waals surface area contributed by atoms with E-state index in [2.05, 4.69) is 13.8 Å². The van der Waals surface area contributed by atoms with Crippen LogP contribution in [0.15, 0.2) is 58.5 Å². The Labute approximate surface area is 181 Å². The molecule has 4 rings (SSSR count). The lowest BCUT2D eigenvalue weighted by Gasteiger charge is -2.33. The number of hydrogen-bond donors (Lipinski definition) is 0. The molecule has 30 heavy (non-hydrogen) atoms. The van der Waals surface area contributed by atoms with Gasteiger partial charge in [0.15, 0.2) is 5.16 Å². The van der Waals surface area contributed by atoms with Crippen molar-refractivity contribution in [3.8, 4) is 5.69 Å². The summed E-state index contributed by atoms with van der Waals surface area (Å²) in [5.74, 6) is 0.393. The van der Waals surface area contributed by atoms with E-state index in [4.69, 9.17) is 4.98 Å². The number of fused-ring (bicyclic) bond motifs is 1. The Hall–Kier alpha value is -2.60. The number of carbonyl (C=O) groups is 1. The van der Waals surface area contributed by atoms with Gasteiger partial charge in [0, 0.05) is 12.6 Å². The maximum atomic E-state index is 13.3. The van der Waals surface area contributed by atoms with Gasteiger partial charge in [-0.15, -0.1) is 0 Å². The molecule has 0 bridgehead atoms. The summed E-state index contributed by atoms with van der Waals surface area (Å²) in [7, 11) is 0. The first kappa shape index (κ1) is 20.7. The molecular formula is C24H27N3O2S. The van der Waals surface area contributed by atoms with Crippen molar-refractivity contribution in [3.63, 3.8) is 0 Å². The summed E-state index contributed by atoms with van der Waals surface area (Å²) in [6, 6.07) is 15.6. The molecule has 1 unspecified atom stereocenters. The fraction of sp³-hybridized carbons (Fsp3) is 0.375. The average Bonchev–Trinajstić information content (AvgIpc) is 2.78. The molecule has 0 N–H and O–H groups in total. The lowest BCUT2D eigenvalue weighted by Crippen LogP contribution is -2.43. The molecule has 0 radical (unpaired) electrons. The molecule has 1 atom stereocenters. The van der Waals surface area contributed by atoms with Gasteiger partial charge in [-0.05, 0) is 62.4 Å². The molecule has 1 saturated heterocycles. The highest BCUT2D eigenvalue weighted by molar-refractivity contribution is 7.99. The smallest absolute Gasteiger partial charge is 0.266 e. The predicted octanol–water partition coefficient (Wildman–Crippen LogP) is 4.44. The van der Waals surface area contributed by atoms with E-state index in [0.717, 1.165) is 31.5 Å². The van der Waals surface area contributed by atoms with Crippen LogP contribution in [0.5, 0.6) is 0 Å². The van der Waals surface area contributed by atoms with E-state index in [9.17, 15) is 9.59 Å². The van der Waals surface area contributed by atoms with Gasteiger partial charge >= 0.3 is 0 Å². The van der Waals surface area contributed by atoms with Gasteiger partial charge in [-0.1, -0.05) is 43.0 Å². The fourth-order valence-corrected chi connectivity index (χ4v) is 4.89. The SMILES string of the molecule is CCc1ccc(-n2c(SCC(=O)N3CCCCC3C)nc3ccccc3c2=O)cc1. The van der Waals surface area contributed by atoms with Crippen molar-refractivity contribution >= 4 is 28.6 Å². The van der Waals surface area contributed by atoms with Gasteiger partial charge in [0.2, 0.25) is 5.91 Å². The first-order valence-electron chi connectivity index (χ1n) is 10.6.